The number of nitrogens with two attached hydrogens (primary N) is 1. The Morgan fingerprint density at radius 3 is 2.78 bits per heavy atom. The first-order chi connectivity index (χ1) is 17.3. The molecular formula is C25H29ClN8O2. The maximum absolute atomic E-state index is 13.8. The first-order valence-electron chi connectivity index (χ1n) is 12.2. The summed E-state index contributed by atoms with van der Waals surface area (Å²) in [4.78, 5) is 34.7. The second-order valence-corrected chi connectivity index (χ2v) is 10.5. The van der Waals surface area contributed by atoms with Crippen molar-refractivity contribution in [2.24, 2.45) is 0 Å². The van der Waals surface area contributed by atoms with Crippen molar-refractivity contribution in [1.82, 2.24) is 34.3 Å². The van der Waals surface area contributed by atoms with E-state index in [-0.39, 0.29) is 11.9 Å². The molecule has 2 aliphatic rings. The van der Waals surface area contributed by atoms with Crippen molar-refractivity contribution in [2.75, 3.05) is 38.6 Å². The molecule has 3 N–H and O–H groups in total. The number of carbonyl (C=O) groups excluding carboxylic acids is 1. The molecule has 1 amide bonds. The number of aromatic amines is 1. The van der Waals surface area contributed by atoms with Crippen LogP contribution in [0.15, 0.2) is 24.7 Å². The molecule has 0 spiro atoms. The first-order valence-corrected chi connectivity index (χ1v) is 12.5. The van der Waals surface area contributed by atoms with Crippen LogP contribution in [-0.2, 0) is 21.6 Å². The molecule has 188 valence electrons. The van der Waals surface area contributed by atoms with Gasteiger partial charge in [-0.25, -0.2) is 15.0 Å². The fourth-order valence-electron chi connectivity index (χ4n) is 5.73. The first kappa shape index (κ1) is 23.2. The standard InChI is InChI=1S/C25H29ClN8O2/c1-14(32-7-9-36-10-8-32)24(35)33-11-16-17(20-19(26)15-5-4-6-28-22(15)31-20)18-21(27)29-13-30-23(18)34(16)25(2,3)12-33/h4-6,13-14H,7-12H2,1-3H3,(H,28,31)(H2,27,29,30). The summed E-state index contributed by atoms with van der Waals surface area (Å²) >= 11 is 6.90. The van der Waals surface area contributed by atoms with Gasteiger partial charge in [0.05, 0.1) is 47.4 Å². The van der Waals surface area contributed by atoms with Crippen LogP contribution < -0.4 is 5.73 Å². The summed E-state index contributed by atoms with van der Waals surface area (Å²) < 4.78 is 7.67. The van der Waals surface area contributed by atoms with Crippen molar-refractivity contribution in [3.05, 3.63) is 35.4 Å². The van der Waals surface area contributed by atoms with Gasteiger partial charge in [-0.3, -0.25) is 9.69 Å². The van der Waals surface area contributed by atoms with Crippen molar-refractivity contribution in [1.29, 1.82) is 0 Å². The van der Waals surface area contributed by atoms with Crippen LogP contribution in [0.1, 0.15) is 26.5 Å². The van der Waals surface area contributed by atoms with E-state index in [0.29, 0.717) is 48.5 Å². The molecule has 0 saturated carbocycles. The third-order valence-corrected chi connectivity index (χ3v) is 7.81. The lowest BCUT2D eigenvalue weighted by Crippen LogP contribution is -2.55. The molecule has 1 saturated heterocycles. The maximum Gasteiger partial charge on any atom is 0.240 e. The Balaban J connectivity index is 1.53. The molecule has 2 aliphatic heterocycles. The molecule has 36 heavy (non-hydrogen) atoms. The summed E-state index contributed by atoms with van der Waals surface area (Å²) in [5, 5.41) is 2.10. The molecule has 4 aromatic rings. The van der Waals surface area contributed by atoms with Crippen LogP contribution >= 0.6 is 11.6 Å². The lowest BCUT2D eigenvalue weighted by Gasteiger charge is -2.43. The van der Waals surface area contributed by atoms with Crippen LogP contribution in [0.2, 0.25) is 5.02 Å². The van der Waals surface area contributed by atoms with Crippen LogP contribution in [0.5, 0.6) is 0 Å². The Labute approximate surface area is 213 Å². The lowest BCUT2D eigenvalue weighted by atomic mass is 9.98. The van der Waals surface area contributed by atoms with Gasteiger partial charge in [-0.15, -0.1) is 0 Å². The number of pyridine rings is 1. The number of nitrogens with one attached hydrogen (secondary N) is 1. The van der Waals surface area contributed by atoms with Crippen molar-refractivity contribution in [3.63, 3.8) is 0 Å². The highest BCUT2D eigenvalue weighted by molar-refractivity contribution is 6.38. The zero-order chi connectivity index (χ0) is 25.2. The molecular weight excluding hydrogens is 480 g/mol. The summed E-state index contributed by atoms with van der Waals surface area (Å²) in [6.45, 7) is 9.95. The van der Waals surface area contributed by atoms with Gasteiger partial charge >= 0.3 is 0 Å². The second-order valence-electron chi connectivity index (χ2n) is 10.2. The highest BCUT2D eigenvalue weighted by Crippen LogP contribution is 2.45. The number of fused-ring (bicyclic) bond motifs is 4. The number of H-pyrrole nitrogens is 1. The third kappa shape index (κ3) is 3.47. The molecule has 1 unspecified atom stereocenters. The van der Waals surface area contributed by atoms with Crippen LogP contribution in [-0.4, -0.2) is 79.1 Å². The Hall–Kier alpha value is -3.21. The van der Waals surface area contributed by atoms with Gasteiger partial charge in [-0.05, 0) is 32.9 Å². The zero-order valence-electron chi connectivity index (χ0n) is 20.6. The summed E-state index contributed by atoms with van der Waals surface area (Å²) in [5.41, 5.74) is 9.86. The molecule has 0 radical (unpaired) electrons. The average Bonchev–Trinajstić information content (AvgIpc) is 3.39. The average molecular weight is 509 g/mol. The topological polar surface area (TPSA) is 118 Å². The van der Waals surface area contributed by atoms with Crippen LogP contribution in [0.4, 0.5) is 5.82 Å². The number of anilines is 1. The van der Waals surface area contributed by atoms with E-state index < -0.39 is 5.54 Å². The molecule has 0 aliphatic carbocycles. The van der Waals surface area contributed by atoms with E-state index in [2.05, 4.69) is 43.3 Å². The second kappa shape index (κ2) is 8.43. The maximum atomic E-state index is 13.8. The van der Waals surface area contributed by atoms with E-state index in [1.54, 1.807) is 6.20 Å². The third-order valence-electron chi connectivity index (χ3n) is 7.42. The van der Waals surface area contributed by atoms with Gasteiger partial charge in [0.15, 0.2) is 0 Å². The summed E-state index contributed by atoms with van der Waals surface area (Å²) in [5.74, 6) is 0.464. The minimum absolute atomic E-state index is 0.0934. The summed E-state index contributed by atoms with van der Waals surface area (Å²) in [7, 11) is 0. The van der Waals surface area contributed by atoms with E-state index >= 15 is 0 Å². The van der Waals surface area contributed by atoms with Gasteiger partial charge in [0.1, 0.15) is 23.4 Å². The van der Waals surface area contributed by atoms with Gasteiger partial charge in [-0.1, -0.05) is 11.6 Å². The largest absolute Gasteiger partial charge is 0.383 e. The number of halogens is 1. The molecule has 11 heteroatoms. The monoisotopic (exact) mass is 508 g/mol. The number of amides is 1. The Morgan fingerprint density at radius 2 is 2.03 bits per heavy atom. The zero-order valence-corrected chi connectivity index (χ0v) is 21.3. The van der Waals surface area contributed by atoms with Gasteiger partial charge in [-0.2, -0.15) is 0 Å². The quantitative estimate of drug-likeness (QED) is 0.436. The van der Waals surface area contributed by atoms with E-state index in [1.165, 1.54) is 6.33 Å². The van der Waals surface area contributed by atoms with E-state index in [1.807, 2.05) is 24.0 Å². The highest BCUT2D eigenvalue weighted by atomic mass is 35.5. The fourth-order valence-corrected chi connectivity index (χ4v) is 6.03. The number of nitrogens with zero attached hydrogens (tertiary/aromatic N) is 6. The lowest BCUT2D eigenvalue weighted by molar-refractivity contribution is -0.141. The van der Waals surface area contributed by atoms with Crippen molar-refractivity contribution in [2.45, 2.75) is 38.9 Å². The number of carbonyl (C=O) groups is 1. The van der Waals surface area contributed by atoms with Crippen LogP contribution in [0, 0.1) is 0 Å². The molecule has 1 atom stereocenters. The number of hydrogen-bond acceptors (Lipinski definition) is 7. The predicted octanol–water partition coefficient (Wildman–Crippen LogP) is 3.01. The van der Waals surface area contributed by atoms with E-state index in [9.17, 15) is 4.79 Å². The van der Waals surface area contributed by atoms with Crippen LogP contribution in [0.25, 0.3) is 33.3 Å². The van der Waals surface area contributed by atoms with E-state index in [0.717, 1.165) is 40.8 Å². The minimum atomic E-state index is -0.442. The number of aromatic nitrogens is 5. The molecule has 6 rings (SSSR count). The fraction of sp³-hybridized carbons (Fsp3) is 0.440. The molecule has 0 aromatic carbocycles. The normalized spacial score (nSPS) is 19.1. The minimum Gasteiger partial charge on any atom is -0.383 e. The van der Waals surface area contributed by atoms with Crippen molar-refractivity contribution < 1.29 is 9.53 Å². The molecule has 1 fully saturated rings. The predicted molar refractivity (Wildman–Crippen MR) is 139 cm³/mol. The number of morpholine rings is 1. The number of nitrogen functional groups attached to an aromatic ring is 1. The van der Waals surface area contributed by atoms with Gasteiger partial charge in [0.2, 0.25) is 5.91 Å². The van der Waals surface area contributed by atoms with Crippen molar-refractivity contribution >= 4 is 45.4 Å². The number of rotatable bonds is 3. The molecule has 0 bridgehead atoms. The molecule has 4 aromatic heterocycles. The number of hydrogen-bond donors (Lipinski definition) is 2. The Bertz CT molecular complexity index is 1490. The SMILES string of the molecule is CC(C(=O)N1Cc2c(-c3[nH]c4ncccc4c3Cl)c3c(N)ncnc3n2C(C)(C)C1)N1CCOCC1. The Morgan fingerprint density at radius 1 is 1.25 bits per heavy atom. The van der Waals surface area contributed by atoms with Crippen molar-refractivity contribution in [3.8, 4) is 11.3 Å². The molecule has 10 nitrogen and oxygen atoms in total. The molecule has 6 heterocycles. The van der Waals surface area contributed by atoms with Gasteiger partial charge in [0, 0.05) is 42.5 Å². The highest BCUT2D eigenvalue weighted by Gasteiger charge is 2.41. The Kier molecular flexibility index (Phi) is 5.43. The van der Waals surface area contributed by atoms with Crippen LogP contribution in [0.3, 0.4) is 0 Å². The smallest absolute Gasteiger partial charge is 0.240 e. The number of ether oxygens (including phenoxy) is 1. The van der Waals surface area contributed by atoms with Gasteiger partial charge < -0.3 is 24.9 Å². The summed E-state index contributed by atoms with van der Waals surface area (Å²) in [6.07, 6.45) is 3.21. The van der Waals surface area contributed by atoms with E-state index in [4.69, 9.17) is 22.1 Å². The summed E-state index contributed by atoms with van der Waals surface area (Å²) in [6, 6.07) is 3.54. The van der Waals surface area contributed by atoms with Gasteiger partial charge in [0.25, 0.3) is 0 Å².